The van der Waals surface area contributed by atoms with Crippen molar-refractivity contribution in [3.8, 4) is 0 Å². The van der Waals surface area contributed by atoms with Gasteiger partial charge in [-0.05, 0) is 41.6 Å². The lowest BCUT2D eigenvalue weighted by atomic mass is 10.1. The fourth-order valence-electron chi connectivity index (χ4n) is 3.38. The Kier molecular flexibility index (Phi) is 6.23. The lowest BCUT2D eigenvalue weighted by Gasteiger charge is -2.34. The third-order valence-corrected chi connectivity index (χ3v) is 6.21. The van der Waals surface area contributed by atoms with Gasteiger partial charge in [0.05, 0.1) is 9.82 Å². The molecule has 0 radical (unpaired) electrons. The van der Waals surface area contributed by atoms with Crippen LogP contribution < -0.4 is 0 Å². The maximum absolute atomic E-state index is 13.0. The first-order valence-corrected chi connectivity index (χ1v) is 10.5. The molecule has 1 aromatic carbocycles. The van der Waals surface area contributed by atoms with Crippen molar-refractivity contribution in [1.82, 2.24) is 29.5 Å². The molecule has 0 spiro atoms. The van der Waals surface area contributed by atoms with E-state index in [4.69, 9.17) is 0 Å². The van der Waals surface area contributed by atoms with Gasteiger partial charge in [-0.15, -0.1) is 10.2 Å². The van der Waals surface area contributed by atoms with Gasteiger partial charge >= 0.3 is 0 Å². The molecular formula is C20H21N7O3S. The fourth-order valence-corrected chi connectivity index (χ4v) is 4.23. The average Bonchev–Trinajstić information content (AvgIpc) is 3.19. The van der Waals surface area contributed by atoms with E-state index < -0.39 is 4.92 Å². The molecule has 1 saturated heterocycles. The Morgan fingerprint density at radius 2 is 1.90 bits per heavy atom. The molecule has 160 valence electrons. The van der Waals surface area contributed by atoms with Crippen molar-refractivity contribution in [2.24, 2.45) is 7.05 Å². The Hall–Kier alpha value is -3.31. The lowest BCUT2D eigenvalue weighted by molar-refractivity contribution is -0.387. The summed E-state index contributed by atoms with van der Waals surface area (Å²) in [5, 5.41) is 19.9. The van der Waals surface area contributed by atoms with Crippen LogP contribution in [0.5, 0.6) is 0 Å². The molecule has 1 aliphatic rings. The molecule has 0 bridgehead atoms. The standard InChI is InChI=1S/C20H21N7O3S/c1-24-14-22-23-20(24)31-18-3-2-16(12-17(18)27(29)30)19(28)26-10-8-25(9-11-26)13-15-4-6-21-7-5-15/h2-7,12,14H,8-11,13H2,1H3. The van der Waals surface area contributed by atoms with Crippen molar-refractivity contribution in [1.29, 1.82) is 0 Å². The third-order valence-electron chi connectivity index (χ3n) is 5.09. The summed E-state index contributed by atoms with van der Waals surface area (Å²) in [7, 11) is 1.76. The molecule has 2 aromatic heterocycles. The highest BCUT2D eigenvalue weighted by molar-refractivity contribution is 7.99. The van der Waals surface area contributed by atoms with E-state index in [2.05, 4.69) is 20.1 Å². The average molecular weight is 440 g/mol. The minimum absolute atomic E-state index is 0.116. The number of hydrogen-bond donors (Lipinski definition) is 0. The summed E-state index contributed by atoms with van der Waals surface area (Å²) < 4.78 is 1.68. The summed E-state index contributed by atoms with van der Waals surface area (Å²) in [6.07, 6.45) is 5.07. The minimum Gasteiger partial charge on any atom is -0.336 e. The summed E-state index contributed by atoms with van der Waals surface area (Å²) in [4.78, 5) is 32.6. The number of nitrogens with zero attached hydrogens (tertiary/aromatic N) is 7. The van der Waals surface area contributed by atoms with Gasteiger partial charge in [0, 0.05) is 63.8 Å². The van der Waals surface area contributed by atoms with Crippen molar-refractivity contribution in [2.75, 3.05) is 26.2 Å². The van der Waals surface area contributed by atoms with E-state index in [9.17, 15) is 14.9 Å². The van der Waals surface area contributed by atoms with E-state index in [0.29, 0.717) is 28.7 Å². The molecule has 0 N–H and O–H groups in total. The van der Waals surface area contributed by atoms with Gasteiger partial charge in [-0.2, -0.15) is 0 Å². The Morgan fingerprint density at radius 1 is 1.16 bits per heavy atom. The predicted octanol–water partition coefficient (Wildman–Crippen LogP) is 2.23. The number of carbonyl (C=O) groups is 1. The second-order valence-electron chi connectivity index (χ2n) is 7.19. The number of pyridine rings is 1. The molecule has 0 atom stereocenters. The van der Waals surface area contributed by atoms with Gasteiger partial charge in [-0.3, -0.25) is 24.8 Å². The monoisotopic (exact) mass is 439 g/mol. The van der Waals surface area contributed by atoms with Crippen LogP contribution in [0, 0.1) is 10.1 Å². The van der Waals surface area contributed by atoms with Crippen molar-refractivity contribution < 1.29 is 9.72 Å². The Labute approximate surface area is 183 Å². The fraction of sp³-hybridized carbons (Fsp3) is 0.300. The summed E-state index contributed by atoms with van der Waals surface area (Å²) in [6.45, 7) is 3.46. The van der Waals surface area contributed by atoms with Gasteiger partial charge < -0.3 is 9.47 Å². The third kappa shape index (κ3) is 4.89. The molecule has 0 saturated carbocycles. The zero-order valence-electron chi connectivity index (χ0n) is 16.9. The van der Waals surface area contributed by atoms with Gasteiger partial charge in [0.2, 0.25) is 0 Å². The first-order valence-electron chi connectivity index (χ1n) is 9.72. The van der Waals surface area contributed by atoms with Crippen molar-refractivity contribution in [2.45, 2.75) is 16.6 Å². The number of nitro groups is 1. The molecule has 10 nitrogen and oxygen atoms in total. The lowest BCUT2D eigenvalue weighted by Crippen LogP contribution is -2.48. The summed E-state index contributed by atoms with van der Waals surface area (Å²) in [5.41, 5.74) is 1.38. The molecule has 3 heterocycles. The smallest absolute Gasteiger partial charge is 0.284 e. The zero-order valence-corrected chi connectivity index (χ0v) is 17.7. The number of benzene rings is 1. The highest BCUT2D eigenvalue weighted by Crippen LogP contribution is 2.34. The molecule has 3 aromatic rings. The first-order chi connectivity index (χ1) is 15.0. The maximum Gasteiger partial charge on any atom is 0.284 e. The van der Waals surface area contributed by atoms with Gasteiger partial charge in [0.1, 0.15) is 6.33 Å². The van der Waals surface area contributed by atoms with Crippen LogP contribution in [0.3, 0.4) is 0 Å². The number of piperazine rings is 1. The summed E-state index contributed by atoms with van der Waals surface area (Å²) in [6, 6.07) is 8.56. The van der Waals surface area contributed by atoms with Gasteiger partial charge in [-0.1, -0.05) is 0 Å². The Bertz CT molecular complexity index is 1080. The number of nitro benzene ring substituents is 1. The van der Waals surface area contributed by atoms with Crippen molar-refractivity contribution in [3.63, 3.8) is 0 Å². The number of hydrogen-bond acceptors (Lipinski definition) is 8. The number of aryl methyl sites for hydroxylation is 1. The number of carbonyl (C=O) groups excluding carboxylic acids is 1. The summed E-state index contributed by atoms with van der Waals surface area (Å²) >= 11 is 1.14. The van der Waals surface area contributed by atoms with E-state index in [-0.39, 0.29) is 11.6 Å². The molecule has 0 aliphatic carbocycles. The SMILES string of the molecule is Cn1cnnc1Sc1ccc(C(=O)N2CCN(Cc3ccncc3)CC2)cc1[N+](=O)[O-]. The molecule has 1 fully saturated rings. The van der Waals surface area contributed by atoms with Crippen molar-refractivity contribution >= 4 is 23.4 Å². The first kappa shape index (κ1) is 20.9. The van der Waals surface area contributed by atoms with Crippen LogP contribution in [0.1, 0.15) is 15.9 Å². The number of rotatable bonds is 6. The highest BCUT2D eigenvalue weighted by atomic mass is 32.2. The van der Waals surface area contributed by atoms with Crippen LogP contribution in [0.2, 0.25) is 0 Å². The van der Waals surface area contributed by atoms with E-state index >= 15 is 0 Å². The van der Waals surface area contributed by atoms with Crippen LogP contribution in [0.15, 0.2) is 59.1 Å². The largest absolute Gasteiger partial charge is 0.336 e. The minimum atomic E-state index is -0.470. The van der Waals surface area contributed by atoms with Crippen LogP contribution in [0.4, 0.5) is 5.69 Å². The van der Waals surface area contributed by atoms with Crippen LogP contribution in [-0.4, -0.2) is 66.6 Å². The molecule has 11 heteroatoms. The van der Waals surface area contributed by atoms with Crippen molar-refractivity contribution in [3.05, 3.63) is 70.3 Å². The number of amides is 1. The topological polar surface area (TPSA) is 110 Å². The van der Waals surface area contributed by atoms with Crippen LogP contribution in [-0.2, 0) is 13.6 Å². The predicted molar refractivity (Wildman–Crippen MR) is 114 cm³/mol. The Morgan fingerprint density at radius 3 is 2.55 bits per heavy atom. The zero-order chi connectivity index (χ0) is 21.8. The number of aromatic nitrogens is 4. The van der Waals surface area contributed by atoms with Gasteiger partial charge in [0.15, 0.2) is 5.16 Å². The van der Waals surface area contributed by atoms with Crippen LogP contribution in [0.25, 0.3) is 0 Å². The second-order valence-corrected chi connectivity index (χ2v) is 8.20. The highest BCUT2D eigenvalue weighted by Gasteiger charge is 2.25. The Balaban J connectivity index is 1.43. The van der Waals surface area contributed by atoms with E-state index in [1.807, 2.05) is 12.1 Å². The molecule has 1 amide bonds. The molecule has 0 unspecified atom stereocenters. The molecule has 1 aliphatic heterocycles. The van der Waals surface area contributed by atoms with E-state index in [1.165, 1.54) is 18.0 Å². The molecule has 31 heavy (non-hydrogen) atoms. The van der Waals surface area contributed by atoms with E-state index in [1.54, 1.807) is 41.0 Å². The van der Waals surface area contributed by atoms with Gasteiger partial charge in [-0.25, -0.2) is 0 Å². The molecule has 4 rings (SSSR count). The van der Waals surface area contributed by atoms with E-state index in [0.717, 1.165) is 31.4 Å². The molecular weight excluding hydrogens is 418 g/mol. The quantitative estimate of drug-likeness (QED) is 0.425. The summed E-state index contributed by atoms with van der Waals surface area (Å²) in [5.74, 6) is -0.193. The van der Waals surface area contributed by atoms with Crippen LogP contribution >= 0.6 is 11.8 Å². The normalized spacial score (nSPS) is 14.5. The maximum atomic E-state index is 13.0. The second kappa shape index (κ2) is 9.23. The van der Waals surface area contributed by atoms with Gasteiger partial charge in [0.25, 0.3) is 11.6 Å².